The number of hydrogen-bond acceptors (Lipinski definition) is 6. The van der Waals surface area contributed by atoms with Crippen molar-refractivity contribution in [3.8, 4) is 17.5 Å². The summed E-state index contributed by atoms with van der Waals surface area (Å²) in [6, 6.07) is 2.76. The number of hydrogen-bond donors (Lipinski definition) is 5. The lowest BCUT2D eigenvalue weighted by Crippen LogP contribution is -2.34. The smallest absolute Gasteiger partial charge is 0.328 e. The Morgan fingerprint density at radius 3 is 2.19 bits per heavy atom. The number of aromatic nitrogens is 4. The quantitative estimate of drug-likeness (QED) is 0.310. The van der Waals surface area contributed by atoms with Gasteiger partial charge in [-0.15, -0.1) is 0 Å². The van der Waals surface area contributed by atoms with E-state index in [0.29, 0.717) is 0 Å². The Bertz CT molecular complexity index is 1310. The highest BCUT2D eigenvalue weighted by Gasteiger charge is 2.37. The maximum absolute atomic E-state index is 12.5. The van der Waals surface area contributed by atoms with Gasteiger partial charge in [0.1, 0.15) is 0 Å². The Morgan fingerprint density at radius 1 is 0.889 bits per heavy atom. The summed E-state index contributed by atoms with van der Waals surface area (Å²) in [5, 5.41) is 10.4. The van der Waals surface area contributed by atoms with Crippen LogP contribution in [-0.2, 0) is 0 Å². The fourth-order valence-electron chi connectivity index (χ4n) is 3.03. The van der Waals surface area contributed by atoms with Crippen LogP contribution in [0.4, 0.5) is 0 Å². The largest absolute Gasteiger partial charge is 0.494 e. The molecule has 10 nitrogen and oxygen atoms in total. The minimum absolute atomic E-state index is 0.0322. The van der Waals surface area contributed by atoms with E-state index in [2.05, 4.69) is 9.97 Å². The topological polar surface area (TPSA) is 161 Å². The number of halogens is 2. The van der Waals surface area contributed by atoms with Crippen LogP contribution in [0.25, 0.3) is 0 Å². The summed E-state index contributed by atoms with van der Waals surface area (Å²) in [6.07, 6.45) is 0. The number of ether oxygens (including phenoxy) is 1. The summed E-state index contributed by atoms with van der Waals surface area (Å²) in [5.74, 6) is -2.21. The van der Waals surface area contributed by atoms with Gasteiger partial charge in [-0.3, -0.25) is 29.5 Å². The predicted molar refractivity (Wildman–Crippen MR) is 94.5 cm³/mol. The second-order valence-electron chi connectivity index (χ2n) is 5.66. The van der Waals surface area contributed by atoms with E-state index in [0.717, 1.165) is 0 Å². The van der Waals surface area contributed by atoms with Crippen molar-refractivity contribution in [2.75, 3.05) is 0 Å². The van der Waals surface area contributed by atoms with Crippen LogP contribution in [0.2, 0.25) is 10.0 Å². The van der Waals surface area contributed by atoms with Gasteiger partial charge in [0.2, 0.25) is 11.8 Å². The lowest BCUT2D eigenvalue weighted by Gasteiger charge is -2.27. The van der Waals surface area contributed by atoms with Crippen molar-refractivity contribution in [3.05, 3.63) is 80.5 Å². The number of rotatable bonds is 1. The number of benzene rings is 1. The molecule has 1 aliphatic heterocycles. The van der Waals surface area contributed by atoms with Gasteiger partial charge in [0, 0.05) is 10.6 Å². The second-order valence-corrected chi connectivity index (χ2v) is 6.51. The molecule has 0 saturated heterocycles. The van der Waals surface area contributed by atoms with Crippen LogP contribution in [0, 0.1) is 0 Å². The van der Waals surface area contributed by atoms with Gasteiger partial charge in [-0.2, -0.15) is 0 Å². The van der Waals surface area contributed by atoms with Gasteiger partial charge in [0.25, 0.3) is 11.1 Å². The van der Waals surface area contributed by atoms with Crippen LogP contribution >= 0.6 is 23.2 Å². The fourth-order valence-corrected chi connectivity index (χ4v) is 3.58. The van der Waals surface area contributed by atoms with Crippen LogP contribution in [0.1, 0.15) is 22.6 Å². The van der Waals surface area contributed by atoms with Crippen molar-refractivity contribution in [2.45, 2.75) is 5.92 Å². The third-order valence-corrected chi connectivity index (χ3v) is 4.53. The van der Waals surface area contributed by atoms with Gasteiger partial charge in [-0.1, -0.05) is 23.2 Å². The monoisotopic (exact) mass is 410 g/mol. The van der Waals surface area contributed by atoms with Gasteiger partial charge in [-0.05, 0) is 12.1 Å². The standard InChI is InChI=1S/C15H8Cl2N4O6/c16-3-1-4-6(7-10(22)18-14(25)19-11(7)23)8-12(24)20-15(26)21-13(8)27-9(4)5(17)2-3/h1-2,6H,(H2,20,21,24,26)(H3,18,19,22,23,25)/t6-/m1/s1. The Hall–Kier alpha value is -3.24. The molecule has 3 heterocycles. The molecule has 2 aromatic heterocycles. The minimum atomic E-state index is -1.24. The molecule has 0 aliphatic carbocycles. The predicted octanol–water partition coefficient (Wildman–Crippen LogP) is 0.738. The molecule has 1 atom stereocenters. The summed E-state index contributed by atoms with van der Waals surface area (Å²) in [5.41, 5.74) is -3.92. The van der Waals surface area contributed by atoms with Crippen LogP contribution < -0.4 is 27.2 Å². The summed E-state index contributed by atoms with van der Waals surface area (Å²) < 4.78 is 5.55. The molecule has 0 amide bonds. The average Bonchev–Trinajstić information content (AvgIpc) is 2.53. The summed E-state index contributed by atoms with van der Waals surface area (Å²) >= 11 is 12.2. The van der Waals surface area contributed by atoms with Gasteiger partial charge in [0.05, 0.1) is 22.1 Å². The molecule has 0 radical (unpaired) electrons. The SMILES string of the molecule is O=c1[nH]c(O)c([C@H]2c3cc(Cl)cc(Cl)c3Oc3[nH]c(=O)[nH]c(=O)c32)c(=O)[nH]1. The zero-order valence-corrected chi connectivity index (χ0v) is 14.5. The van der Waals surface area contributed by atoms with E-state index >= 15 is 0 Å². The van der Waals surface area contributed by atoms with E-state index in [-0.39, 0.29) is 38.4 Å². The van der Waals surface area contributed by atoms with E-state index in [1.54, 1.807) is 0 Å². The van der Waals surface area contributed by atoms with Gasteiger partial charge < -0.3 is 9.84 Å². The second kappa shape index (κ2) is 5.89. The molecule has 0 saturated carbocycles. The average molecular weight is 411 g/mol. The molecule has 1 aromatic carbocycles. The molecule has 5 N–H and O–H groups in total. The van der Waals surface area contributed by atoms with Gasteiger partial charge >= 0.3 is 11.4 Å². The van der Waals surface area contributed by atoms with Crippen molar-refractivity contribution in [1.82, 2.24) is 19.9 Å². The molecule has 12 heteroatoms. The third kappa shape index (κ3) is 2.66. The van der Waals surface area contributed by atoms with Gasteiger partial charge in [-0.25, -0.2) is 9.59 Å². The minimum Gasteiger partial charge on any atom is -0.494 e. The maximum atomic E-state index is 12.5. The van der Waals surface area contributed by atoms with Crippen LogP contribution in [0.5, 0.6) is 17.5 Å². The highest BCUT2D eigenvalue weighted by atomic mass is 35.5. The molecular weight excluding hydrogens is 403 g/mol. The van der Waals surface area contributed by atoms with E-state index < -0.39 is 34.3 Å². The Balaban J connectivity index is 2.17. The maximum Gasteiger partial charge on any atom is 0.328 e. The Labute approximate surface area is 157 Å². The zero-order valence-electron chi connectivity index (χ0n) is 13.0. The van der Waals surface area contributed by atoms with Crippen molar-refractivity contribution in [2.24, 2.45) is 0 Å². The number of aromatic amines is 4. The fraction of sp³-hybridized carbons (Fsp3) is 0.0667. The lowest BCUT2D eigenvalue weighted by atomic mass is 9.85. The first-order chi connectivity index (χ1) is 12.8. The van der Waals surface area contributed by atoms with E-state index in [1.165, 1.54) is 12.1 Å². The molecule has 0 bridgehead atoms. The molecule has 0 unspecified atom stereocenters. The first-order valence-electron chi connectivity index (χ1n) is 7.35. The Morgan fingerprint density at radius 2 is 1.52 bits per heavy atom. The lowest BCUT2D eigenvalue weighted by molar-refractivity contribution is 0.416. The highest BCUT2D eigenvalue weighted by molar-refractivity contribution is 6.35. The summed E-state index contributed by atoms with van der Waals surface area (Å²) in [4.78, 5) is 56.3. The van der Waals surface area contributed by atoms with Crippen LogP contribution in [-0.4, -0.2) is 25.0 Å². The molecule has 27 heavy (non-hydrogen) atoms. The number of aromatic hydroxyl groups is 1. The van der Waals surface area contributed by atoms with Crippen LogP contribution in [0.15, 0.2) is 31.3 Å². The molecule has 3 aromatic rings. The summed E-state index contributed by atoms with van der Waals surface area (Å²) in [6.45, 7) is 0. The van der Waals surface area contributed by atoms with Crippen LogP contribution in [0.3, 0.4) is 0 Å². The normalized spacial score (nSPS) is 15.0. The number of H-pyrrole nitrogens is 4. The first kappa shape index (κ1) is 17.2. The van der Waals surface area contributed by atoms with E-state index in [9.17, 15) is 24.3 Å². The molecule has 0 fully saturated rings. The number of nitrogens with one attached hydrogen (secondary N) is 4. The summed E-state index contributed by atoms with van der Waals surface area (Å²) in [7, 11) is 0. The molecule has 0 spiro atoms. The van der Waals surface area contributed by atoms with Gasteiger partial charge in [0.15, 0.2) is 5.75 Å². The van der Waals surface area contributed by atoms with Crippen molar-refractivity contribution < 1.29 is 9.84 Å². The van der Waals surface area contributed by atoms with Crippen molar-refractivity contribution >= 4 is 23.2 Å². The zero-order chi connectivity index (χ0) is 19.5. The molecule has 1 aliphatic rings. The molecular formula is C15H8Cl2N4O6. The Kier molecular flexibility index (Phi) is 3.75. The number of fused-ring (bicyclic) bond motifs is 2. The molecule has 138 valence electrons. The first-order valence-corrected chi connectivity index (χ1v) is 8.10. The van der Waals surface area contributed by atoms with E-state index in [1.807, 2.05) is 9.97 Å². The van der Waals surface area contributed by atoms with E-state index in [4.69, 9.17) is 27.9 Å². The van der Waals surface area contributed by atoms with Crippen molar-refractivity contribution in [1.29, 1.82) is 0 Å². The third-order valence-electron chi connectivity index (χ3n) is 4.03. The highest BCUT2D eigenvalue weighted by Crippen LogP contribution is 2.48. The molecule has 4 rings (SSSR count). The van der Waals surface area contributed by atoms with Crippen molar-refractivity contribution in [3.63, 3.8) is 0 Å².